The number of benzene rings is 1. The van der Waals surface area contributed by atoms with Crippen LogP contribution in [0.4, 0.5) is 0 Å². The Morgan fingerprint density at radius 2 is 2.00 bits per heavy atom. The molecule has 0 spiro atoms. The summed E-state index contributed by atoms with van der Waals surface area (Å²) in [7, 11) is 0. The summed E-state index contributed by atoms with van der Waals surface area (Å²) in [6, 6.07) is 9.56. The molecule has 1 aromatic carbocycles. The summed E-state index contributed by atoms with van der Waals surface area (Å²) in [4.78, 5) is 24.6. The summed E-state index contributed by atoms with van der Waals surface area (Å²) in [6.45, 7) is 2.10. The first-order valence-corrected chi connectivity index (χ1v) is 9.58. The highest BCUT2D eigenvalue weighted by molar-refractivity contribution is 6.04. The van der Waals surface area contributed by atoms with Crippen LogP contribution in [0, 0.1) is 5.92 Å². The van der Waals surface area contributed by atoms with E-state index in [1.165, 1.54) is 32.1 Å². The van der Waals surface area contributed by atoms with E-state index in [0.717, 1.165) is 0 Å². The van der Waals surface area contributed by atoms with Gasteiger partial charge in [0.05, 0.1) is 11.8 Å². The fraction of sp³-hybridized carbons (Fsp3) is 0.381. The van der Waals surface area contributed by atoms with Gasteiger partial charge in [-0.15, -0.1) is 0 Å². The normalized spacial score (nSPS) is 16.2. The maximum absolute atomic E-state index is 12.8. The van der Waals surface area contributed by atoms with E-state index in [-0.39, 0.29) is 11.9 Å². The van der Waals surface area contributed by atoms with Crippen molar-refractivity contribution in [3.63, 3.8) is 0 Å². The molecule has 0 radical (unpaired) electrons. The Morgan fingerprint density at radius 1 is 1.22 bits per heavy atom. The molecular formula is C21H24N4O2. The van der Waals surface area contributed by atoms with Crippen LogP contribution in [-0.2, 0) is 0 Å². The molecule has 0 aliphatic heterocycles. The standard InChI is InChI=1S/C21H24N4O2/c1-14(15-8-4-2-5-9-15)24-21(26)17-12-22-20-19(17)25-18(13-23-20)27-16-10-6-3-7-11-16/h3,6-7,10-15H,2,4-5,8-9H2,1H3,(H,22,23)(H,24,26)/t14-/m0/s1. The van der Waals surface area contributed by atoms with E-state index in [2.05, 4.69) is 27.2 Å². The molecule has 1 saturated carbocycles. The molecular weight excluding hydrogens is 340 g/mol. The molecule has 1 amide bonds. The molecule has 2 aromatic heterocycles. The molecule has 27 heavy (non-hydrogen) atoms. The van der Waals surface area contributed by atoms with Crippen molar-refractivity contribution >= 4 is 17.1 Å². The van der Waals surface area contributed by atoms with Gasteiger partial charge < -0.3 is 15.0 Å². The lowest BCUT2D eigenvalue weighted by atomic mass is 9.84. The van der Waals surface area contributed by atoms with Gasteiger partial charge in [-0.25, -0.2) is 9.97 Å². The van der Waals surface area contributed by atoms with Crippen LogP contribution in [0.1, 0.15) is 49.4 Å². The minimum absolute atomic E-state index is 0.120. The molecule has 0 saturated heterocycles. The molecule has 6 heteroatoms. The van der Waals surface area contributed by atoms with Crippen LogP contribution in [0.5, 0.6) is 11.6 Å². The van der Waals surface area contributed by atoms with Crippen LogP contribution in [-0.4, -0.2) is 26.9 Å². The molecule has 1 aliphatic rings. The molecule has 1 atom stereocenters. The number of carbonyl (C=O) groups is 1. The molecule has 0 bridgehead atoms. The number of aromatic nitrogens is 3. The summed E-state index contributed by atoms with van der Waals surface area (Å²) in [5, 5.41) is 3.15. The lowest BCUT2D eigenvalue weighted by molar-refractivity contribution is 0.0921. The summed E-state index contributed by atoms with van der Waals surface area (Å²) in [6.07, 6.45) is 9.40. The van der Waals surface area contributed by atoms with Crippen LogP contribution in [0.25, 0.3) is 11.2 Å². The number of amides is 1. The number of ether oxygens (including phenoxy) is 1. The number of fused-ring (bicyclic) bond motifs is 1. The van der Waals surface area contributed by atoms with Crippen molar-refractivity contribution in [2.45, 2.75) is 45.1 Å². The van der Waals surface area contributed by atoms with E-state index in [0.29, 0.717) is 34.3 Å². The number of para-hydroxylation sites is 1. The molecule has 4 rings (SSSR count). The monoisotopic (exact) mass is 364 g/mol. The van der Waals surface area contributed by atoms with E-state index < -0.39 is 0 Å². The minimum atomic E-state index is -0.120. The fourth-order valence-corrected chi connectivity index (χ4v) is 3.74. The number of nitrogens with zero attached hydrogens (tertiary/aromatic N) is 2. The van der Waals surface area contributed by atoms with E-state index in [1.807, 2.05) is 30.3 Å². The zero-order valence-electron chi connectivity index (χ0n) is 15.4. The lowest BCUT2D eigenvalue weighted by Gasteiger charge is -2.28. The number of H-pyrrole nitrogens is 1. The number of carbonyl (C=O) groups excluding carboxylic acids is 1. The van der Waals surface area contributed by atoms with Gasteiger partial charge in [0.25, 0.3) is 5.91 Å². The molecule has 2 heterocycles. The van der Waals surface area contributed by atoms with Crippen LogP contribution < -0.4 is 10.1 Å². The largest absolute Gasteiger partial charge is 0.437 e. The number of aromatic amines is 1. The molecule has 6 nitrogen and oxygen atoms in total. The summed E-state index contributed by atoms with van der Waals surface area (Å²) < 4.78 is 5.75. The van der Waals surface area contributed by atoms with E-state index in [1.54, 1.807) is 12.4 Å². The van der Waals surface area contributed by atoms with Crippen molar-refractivity contribution < 1.29 is 9.53 Å². The van der Waals surface area contributed by atoms with Crippen molar-refractivity contribution in [2.24, 2.45) is 5.92 Å². The van der Waals surface area contributed by atoms with Gasteiger partial charge in [0.1, 0.15) is 11.3 Å². The van der Waals surface area contributed by atoms with Gasteiger partial charge in [0.2, 0.25) is 5.88 Å². The second-order valence-electron chi connectivity index (χ2n) is 7.18. The fourth-order valence-electron chi connectivity index (χ4n) is 3.74. The van der Waals surface area contributed by atoms with Crippen LogP contribution in [0.2, 0.25) is 0 Å². The van der Waals surface area contributed by atoms with E-state index in [9.17, 15) is 4.79 Å². The number of hydrogen-bond acceptors (Lipinski definition) is 4. The summed E-state index contributed by atoms with van der Waals surface area (Å²) >= 11 is 0. The SMILES string of the molecule is C[C@H](NC(=O)c1c[nH]c2ncc(Oc3ccccc3)nc12)C1CCCCC1. The number of hydrogen-bond donors (Lipinski definition) is 2. The Balaban J connectivity index is 1.52. The third-order valence-corrected chi connectivity index (χ3v) is 5.28. The van der Waals surface area contributed by atoms with Gasteiger partial charge in [-0.05, 0) is 37.8 Å². The Hall–Kier alpha value is -2.89. The van der Waals surface area contributed by atoms with Gasteiger partial charge >= 0.3 is 0 Å². The van der Waals surface area contributed by atoms with Crippen LogP contribution in [0.3, 0.4) is 0 Å². The van der Waals surface area contributed by atoms with Crippen molar-refractivity contribution in [1.82, 2.24) is 20.3 Å². The molecule has 1 aliphatic carbocycles. The number of nitrogens with one attached hydrogen (secondary N) is 2. The van der Waals surface area contributed by atoms with Gasteiger partial charge in [0.15, 0.2) is 5.65 Å². The maximum Gasteiger partial charge on any atom is 0.255 e. The first-order valence-electron chi connectivity index (χ1n) is 9.58. The zero-order valence-corrected chi connectivity index (χ0v) is 15.4. The van der Waals surface area contributed by atoms with Gasteiger partial charge in [-0.1, -0.05) is 37.5 Å². The van der Waals surface area contributed by atoms with Crippen molar-refractivity contribution in [2.75, 3.05) is 0 Å². The first kappa shape index (κ1) is 17.5. The summed E-state index contributed by atoms with van der Waals surface area (Å²) in [5.41, 5.74) is 1.60. The highest BCUT2D eigenvalue weighted by Crippen LogP contribution is 2.27. The predicted molar refractivity (Wildman–Crippen MR) is 104 cm³/mol. The van der Waals surface area contributed by atoms with E-state index >= 15 is 0 Å². The Kier molecular flexibility index (Phi) is 5.05. The van der Waals surface area contributed by atoms with Crippen molar-refractivity contribution in [3.05, 3.63) is 48.3 Å². The Bertz CT molecular complexity index is 916. The van der Waals surface area contributed by atoms with E-state index in [4.69, 9.17) is 4.74 Å². The molecule has 3 aromatic rings. The average Bonchev–Trinajstić information content (AvgIpc) is 3.13. The van der Waals surface area contributed by atoms with Gasteiger partial charge in [-0.3, -0.25) is 4.79 Å². The molecule has 1 fully saturated rings. The minimum Gasteiger partial charge on any atom is -0.437 e. The van der Waals surface area contributed by atoms with Crippen LogP contribution >= 0.6 is 0 Å². The highest BCUT2D eigenvalue weighted by atomic mass is 16.5. The highest BCUT2D eigenvalue weighted by Gasteiger charge is 2.23. The first-order chi connectivity index (χ1) is 13.2. The Morgan fingerprint density at radius 3 is 2.78 bits per heavy atom. The molecule has 140 valence electrons. The Labute approximate surface area is 158 Å². The van der Waals surface area contributed by atoms with Crippen molar-refractivity contribution in [1.29, 1.82) is 0 Å². The second-order valence-corrected chi connectivity index (χ2v) is 7.18. The second kappa shape index (κ2) is 7.78. The average molecular weight is 364 g/mol. The predicted octanol–water partition coefficient (Wildman–Crippen LogP) is 4.45. The molecule has 2 N–H and O–H groups in total. The van der Waals surface area contributed by atoms with Gasteiger partial charge in [-0.2, -0.15) is 0 Å². The zero-order chi connectivity index (χ0) is 18.6. The third kappa shape index (κ3) is 3.94. The molecule has 0 unspecified atom stereocenters. The topological polar surface area (TPSA) is 79.9 Å². The maximum atomic E-state index is 12.8. The van der Waals surface area contributed by atoms with Crippen molar-refractivity contribution in [3.8, 4) is 11.6 Å². The van der Waals surface area contributed by atoms with Gasteiger partial charge in [0, 0.05) is 12.2 Å². The summed E-state index contributed by atoms with van der Waals surface area (Å²) in [5.74, 6) is 1.47. The smallest absolute Gasteiger partial charge is 0.255 e. The van der Waals surface area contributed by atoms with Crippen LogP contribution in [0.15, 0.2) is 42.7 Å². The quantitative estimate of drug-likeness (QED) is 0.701. The third-order valence-electron chi connectivity index (χ3n) is 5.28. The lowest BCUT2D eigenvalue weighted by Crippen LogP contribution is -2.38. The number of rotatable bonds is 5.